The summed E-state index contributed by atoms with van der Waals surface area (Å²) < 4.78 is 71.1. The van der Waals surface area contributed by atoms with E-state index in [-0.39, 0.29) is 34.6 Å². The molecule has 0 radical (unpaired) electrons. The molecule has 0 unspecified atom stereocenters. The smallest absolute Gasteiger partial charge is 0.299 e. The van der Waals surface area contributed by atoms with Crippen LogP contribution in [0.3, 0.4) is 0 Å². The number of carbonyl (C=O) groups is 1. The number of ketones is 1. The molecule has 1 aliphatic rings. The maximum atomic E-state index is 14.9. The first-order chi connectivity index (χ1) is 21.1. The van der Waals surface area contributed by atoms with Gasteiger partial charge in [-0.2, -0.15) is 18.2 Å². The Balaban J connectivity index is 1.21. The van der Waals surface area contributed by atoms with Crippen molar-refractivity contribution in [1.29, 1.82) is 0 Å². The summed E-state index contributed by atoms with van der Waals surface area (Å²) in [6.07, 6.45) is 2.35. The van der Waals surface area contributed by atoms with Crippen LogP contribution in [0.4, 0.5) is 20.3 Å². The normalized spacial score (nSPS) is 14.2. The summed E-state index contributed by atoms with van der Waals surface area (Å²) in [5.41, 5.74) is 7.90. The van der Waals surface area contributed by atoms with Gasteiger partial charge in [-0.05, 0) is 73.9 Å². The highest BCUT2D eigenvalue weighted by Gasteiger charge is 2.24. The number of H-pyrrole nitrogens is 1. The number of aromatic amines is 1. The minimum Gasteiger partial charge on any atom is -0.454 e. The fourth-order valence-corrected chi connectivity index (χ4v) is 6.20. The Morgan fingerprint density at radius 3 is 2.61 bits per heavy atom. The molecule has 1 saturated heterocycles. The highest BCUT2D eigenvalue weighted by Crippen LogP contribution is 2.30. The predicted molar refractivity (Wildman–Crippen MR) is 160 cm³/mol. The second kappa shape index (κ2) is 11.7. The van der Waals surface area contributed by atoms with Gasteiger partial charge in [0.15, 0.2) is 11.6 Å². The van der Waals surface area contributed by atoms with Gasteiger partial charge >= 0.3 is 0 Å². The van der Waals surface area contributed by atoms with Crippen molar-refractivity contribution in [3.8, 4) is 17.2 Å². The molecular weight excluding hydrogens is 594 g/mol. The third-order valence-electron chi connectivity index (χ3n) is 7.25. The van der Waals surface area contributed by atoms with Crippen LogP contribution in [0.1, 0.15) is 34.5 Å². The zero-order valence-electron chi connectivity index (χ0n) is 23.4. The van der Waals surface area contributed by atoms with Gasteiger partial charge in [-0.3, -0.25) is 9.52 Å². The third kappa shape index (κ3) is 6.00. The Bertz CT molecular complexity index is 1990. The zero-order valence-corrected chi connectivity index (χ0v) is 24.3. The molecule has 44 heavy (non-hydrogen) atoms. The molecule has 2 aromatic heterocycles. The van der Waals surface area contributed by atoms with Crippen molar-refractivity contribution in [2.24, 2.45) is 0 Å². The quantitative estimate of drug-likeness (QED) is 0.169. The number of carbonyl (C=O) groups excluding carboxylic acids is 1. The molecule has 3 aromatic carbocycles. The van der Waals surface area contributed by atoms with Crippen LogP contribution in [0.15, 0.2) is 66.9 Å². The number of fused-ring (bicyclic) bond motifs is 1. The molecule has 0 aliphatic carbocycles. The van der Waals surface area contributed by atoms with E-state index in [1.54, 1.807) is 37.3 Å². The van der Waals surface area contributed by atoms with Crippen molar-refractivity contribution < 1.29 is 31.5 Å². The van der Waals surface area contributed by atoms with Crippen LogP contribution >= 0.6 is 0 Å². The number of aromatic nitrogens is 3. The van der Waals surface area contributed by atoms with Gasteiger partial charge in [0, 0.05) is 30.2 Å². The highest BCUT2D eigenvalue weighted by atomic mass is 32.2. The van der Waals surface area contributed by atoms with Crippen molar-refractivity contribution in [2.45, 2.75) is 25.8 Å². The van der Waals surface area contributed by atoms with Crippen molar-refractivity contribution in [2.75, 3.05) is 23.7 Å². The topological polar surface area (TPSA) is 153 Å². The van der Waals surface area contributed by atoms with Gasteiger partial charge in [-0.15, -0.1) is 0 Å². The summed E-state index contributed by atoms with van der Waals surface area (Å²) in [5.74, 6) is -1.24. The number of ether oxygens (including phenoxy) is 2. The molecule has 1 aliphatic heterocycles. The van der Waals surface area contributed by atoms with E-state index < -0.39 is 27.6 Å². The van der Waals surface area contributed by atoms with Gasteiger partial charge < -0.3 is 20.2 Å². The number of halogens is 2. The lowest BCUT2D eigenvalue weighted by Crippen LogP contribution is -2.41. The van der Waals surface area contributed by atoms with Gasteiger partial charge in [0.2, 0.25) is 5.78 Å². The number of nitrogens with two attached hydrogens (primary N) is 1. The number of benzene rings is 3. The van der Waals surface area contributed by atoms with Crippen molar-refractivity contribution in [1.82, 2.24) is 19.5 Å². The summed E-state index contributed by atoms with van der Waals surface area (Å²) >= 11 is 0. The number of nitrogens with zero attached hydrogens (tertiary/aromatic N) is 2. The Kier molecular flexibility index (Phi) is 7.80. The van der Waals surface area contributed by atoms with Crippen molar-refractivity contribution in [3.63, 3.8) is 0 Å². The van der Waals surface area contributed by atoms with Gasteiger partial charge in [0.1, 0.15) is 17.4 Å². The summed E-state index contributed by atoms with van der Waals surface area (Å²) in [6.45, 7) is 2.67. The van der Waals surface area contributed by atoms with E-state index in [4.69, 9.17) is 15.2 Å². The number of nitrogens with one attached hydrogen (secondary N) is 3. The summed E-state index contributed by atoms with van der Waals surface area (Å²) in [7, 11) is -4.06. The number of hydrogen-bond acceptors (Lipinski definition) is 7. The molecule has 3 heterocycles. The largest absolute Gasteiger partial charge is 0.454 e. The Morgan fingerprint density at radius 2 is 1.86 bits per heavy atom. The lowest BCUT2D eigenvalue weighted by atomic mass is 10.1. The molecule has 0 atom stereocenters. The zero-order chi connectivity index (χ0) is 31.0. The Labute approximate surface area is 251 Å². The third-order valence-corrected chi connectivity index (χ3v) is 8.38. The summed E-state index contributed by atoms with van der Waals surface area (Å²) in [5, 5.41) is 4.66. The number of para-hydroxylation sites is 1. The average Bonchev–Trinajstić information content (AvgIpc) is 3.57. The first-order valence-corrected chi connectivity index (χ1v) is 15.2. The number of aryl methyl sites for hydroxylation is 1. The molecule has 228 valence electrons. The lowest BCUT2D eigenvalue weighted by molar-refractivity contribution is 0.0832. The molecule has 14 heteroatoms. The summed E-state index contributed by atoms with van der Waals surface area (Å²) in [6, 6.07) is 14.6. The van der Waals surface area contributed by atoms with Gasteiger partial charge in [-0.1, -0.05) is 12.1 Å². The van der Waals surface area contributed by atoms with E-state index in [0.717, 1.165) is 6.07 Å². The van der Waals surface area contributed by atoms with E-state index >= 15 is 0 Å². The maximum absolute atomic E-state index is 14.9. The molecular formula is C30H28F2N6O5S. The Hall–Kier alpha value is -4.79. The first kappa shape index (κ1) is 29.3. The molecule has 1 fully saturated rings. The molecule has 0 bridgehead atoms. The van der Waals surface area contributed by atoms with E-state index in [9.17, 15) is 22.0 Å². The summed E-state index contributed by atoms with van der Waals surface area (Å²) in [4.78, 5) is 16.4. The number of rotatable bonds is 9. The standard InChI is InChI=1S/C30H28F2N6O5S/c1-17-12-20(43-28-5-3-2-4-22(28)31)6-7-27(17)38-30(33)21(16-34-38)29(39)26-14-18-13-23(32)25(15-24(18)35-26)37-44(40,41)36-19-8-10-42-11-9-19/h2-7,12-16,19,35-37H,8-11,33H2,1H3. The number of hydrogen-bond donors (Lipinski definition) is 4. The number of nitrogen functional groups attached to an aromatic ring is 1. The van der Waals surface area contributed by atoms with Crippen molar-refractivity contribution in [3.05, 3.63) is 95.3 Å². The molecule has 5 N–H and O–H groups in total. The second-order valence-electron chi connectivity index (χ2n) is 10.4. The van der Waals surface area contributed by atoms with Gasteiger partial charge in [0.05, 0.1) is 28.8 Å². The number of anilines is 2. The molecule has 6 rings (SSSR count). The van der Waals surface area contributed by atoms with E-state index in [2.05, 4.69) is 19.5 Å². The molecule has 0 saturated carbocycles. The van der Waals surface area contributed by atoms with Gasteiger partial charge in [-0.25, -0.2) is 13.5 Å². The Morgan fingerprint density at radius 1 is 1.09 bits per heavy atom. The van der Waals surface area contributed by atoms with Crippen LogP contribution in [0.2, 0.25) is 0 Å². The molecule has 5 aromatic rings. The predicted octanol–water partition coefficient (Wildman–Crippen LogP) is 4.97. The SMILES string of the molecule is Cc1cc(Oc2ccccc2F)ccc1-n1ncc(C(=O)c2cc3cc(F)c(NS(=O)(=O)NC4CCOCC4)cc3[nH]2)c1N. The van der Waals surface area contributed by atoms with Crippen molar-refractivity contribution >= 4 is 38.4 Å². The average molecular weight is 623 g/mol. The van der Waals surface area contributed by atoms with Crippen LogP contribution in [-0.2, 0) is 14.9 Å². The minimum absolute atomic E-state index is 0.0679. The van der Waals surface area contributed by atoms with Gasteiger partial charge in [0.25, 0.3) is 10.2 Å². The van der Waals surface area contributed by atoms with Crippen LogP contribution in [0.5, 0.6) is 11.5 Å². The first-order valence-electron chi connectivity index (χ1n) is 13.7. The maximum Gasteiger partial charge on any atom is 0.299 e. The van der Waals surface area contributed by atoms with Crippen LogP contribution < -0.4 is 19.9 Å². The molecule has 0 spiro atoms. The lowest BCUT2D eigenvalue weighted by Gasteiger charge is -2.23. The van der Waals surface area contributed by atoms with Crippen LogP contribution in [0, 0.1) is 18.6 Å². The highest BCUT2D eigenvalue weighted by molar-refractivity contribution is 7.90. The van der Waals surface area contributed by atoms with Crippen LogP contribution in [0.25, 0.3) is 16.6 Å². The van der Waals surface area contributed by atoms with E-state index in [1.165, 1.54) is 35.1 Å². The fraction of sp³-hybridized carbons (Fsp3) is 0.200. The van der Waals surface area contributed by atoms with E-state index in [1.807, 2.05) is 0 Å². The molecule has 0 amide bonds. The monoisotopic (exact) mass is 622 g/mol. The second-order valence-corrected chi connectivity index (χ2v) is 11.8. The fourth-order valence-electron chi connectivity index (χ4n) is 5.02. The van der Waals surface area contributed by atoms with E-state index in [0.29, 0.717) is 54.0 Å². The minimum atomic E-state index is -4.06. The van der Waals surface area contributed by atoms with Crippen LogP contribution in [-0.4, -0.2) is 48.2 Å². The molecule has 11 nitrogen and oxygen atoms in total.